The second kappa shape index (κ2) is 6.39. The Bertz CT molecular complexity index is 337. The summed E-state index contributed by atoms with van der Waals surface area (Å²) in [6.07, 6.45) is 5.23. The molecule has 0 aromatic carbocycles. The summed E-state index contributed by atoms with van der Waals surface area (Å²) in [6, 6.07) is 2.30. The van der Waals surface area contributed by atoms with Gasteiger partial charge in [-0.2, -0.15) is 0 Å². The Balaban J connectivity index is 1.94. The second-order valence-electron chi connectivity index (χ2n) is 4.22. The molecule has 1 atom stereocenters. The zero-order chi connectivity index (χ0) is 11.9. The van der Waals surface area contributed by atoms with Gasteiger partial charge in [-0.3, -0.25) is 0 Å². The fourth-order valence-corrected chi connectivity index (χ4v) is 2.00. The fourth-order valence-electron chi connectivity index (χ4n) is 2.00. The summed E-state index contributed by atoms with van der Waals surface area (Å²) in [5, 5.41) is 6.85. The van der Waals surface area contributed by atoms with Crippen molar-refractivity contribution >= 4 is 5.82 Å². The molecule has 2 N–H and O–H groups in total. The van der Waals surface area contributed by atoms with E-state index in [0.717, 1.165) is 18.9 Å². The highest BCUT2D eigenvalue weighted by atomic mass is 16.5. The van der Waals surface area contributed by atoms with Gasteiger partial charge in [0, 0.05) is 18.7 Å². The average molecular weight is 236 g/mol. The van der Waals surface area contributed by atoms with E-state index in [-0.39, 0.29) is 0 Å². The smallest absolute Gasteiger partial charge is 0.218 e. The van der Waals surface area contributed by atoms with Crippen molar-refractivity contribution in [3.05, 3.63) is 12.4 Å². The van der Waals surface area contributed by atoms with Crippen LogP contribution in [0.1, 0.15) is 26.2 Å². The Morgan fingerprint density at radius 1 is 1.47 bits per heavy atom. The van der Waals surface area contributed by atoms with Crippen LogP contribution in [0.15, 0.2) is 12.4 Å². The molecule has 5 heteroatoms. The van der Waals surface area contributed by atoms with Crippen LogP contribution in [-0.2, 0) is 0 Å². The van der Waals surface area contributed by atoms with Crippen LogP contribution >= 0.6 is 0 Å². The quantitative estimate of drug-likeness (QED) is 0.828. The van der Waals surface area contributed by atoms with Crippen LogP contribution in [0, 0.1) is 0 Å². The Kier molecular flexibility index (Phi) is 4.55. The standard InChI is InChI=1S/C12H20N4O/c1-2-17-12-7-11(14-9-15-12)16-10-5-3-4-6-13-8-10/h7,9-10,13H,2-6,8H2,1H3,(H,14,15,16). The number of hydrogen-bond donors (Lipinski definition) is 2. The molecule has 0 saturated carbocycles. The van der Waals surface area contributed by atoms with Crippen molar-refractivity contribution in [1.82, 2.24) is 15.3 Å². The van der Waals surface area contributed by atoms with Crippen molar-refractivity contribution in [1.29, 1.82) is 0 Å². The summed E-state index contributed by atoms with van der Waals surface area (Å²) in [7, 11) is 0. The average Bonchev–Trinajstić information content (AvgIpc) is 2.59. The third-order valence-corrected chi connectivity index (χ3v) is 2.83. The van der Waals surface area contributed by atoms with Gasteiger partial charge in [0.2, 0.25) is 5.88 Å². The lowest BCUT2D eigenvalue weighted by atomic mass is 10.1. The molecule has 94 valence electrons. The first-order chi connectivity index (χ1) is 8.38. The number of aromatic nitrogens is 2. The number of nitrogens with zero attached hydrogens (tertiary/aromatic N) is 2. The van der Waals surface area contributed by atoms with E-state index < -0.39 is 0 Å². The molecule has 1 saturated heterocycles. The molecule has 1 aliphatic heterocycles. The zero-order valence-electron chi connectivity index (χ0n) is 10.3. The molecule has 1 fully saturated rings. The zero-order valence-corrected chi connectivity index (χ0v) is 10.3. The number of anilines is 1. The minimum atomic E-state index is 0.446. The van der Waals surface area contributed by atoms with Crippen LogP contribution in [0.4, 0.5) is 5.82 Å². The SMILES string of the molecule is CCOc1cc(NC2CCCCNC2)ncn1. The maximum Gasteiger partial charge on any atom is 0.218 e. The van der Waals surface area contributed by atoms with Gasteiger partial charge in [0.05, 0.1) is 6.61 Å². The van der Waals surface area contributed by atoms with E-state index in [2.05, 4.69) is 20.6 Å². The van der Waals surface area contributed by atoms with E-state index in [9.17, 15) is 0 Å². The Labute approximate surface area is 102 Å². The van der Waals surface area contributed by atoms with Crippen molar-refractivity contribution in [3.8, 4) is 5.88 Å². The Morgan fingerprint density at radius 3 is 3.29 bits per heavy atom. The molecule has 0 aliphatic carbocycles. The Morgan fingerprint density at radius 2 is 2.41 bits per heavy atom. The summed E-state index contributed by atoms with van der Waals surface area (Å²) >= 11 is 0. The fraction of sp³-hybridized carbons (Fsp3) is 0.667. The first kappa shape index (κ1) is 12.1. The third-order valence-electron chi connectivity index (χ3n) is 2.83. The van der Waals surface area contributed by atoms with E-state index in [0.29, 0.717) is 18.5 Å². The second-order valence-corrected chi connectivity index (χ2v) is 4.22. The summed E-state index contributed by atoms with van der Waals surface area (Å²) in [4.78, 5) is 8.27. The van der Waals surface area contributed by atoms with Crippen molar-refractivity contribution in [2.24, 2.45) is 0 Å². The molecule has 5 nitrogen and oxygen atoms in total. The number of rotatable bonds is 4. The molecule has 2 heterocycles. The van der Waals surface area contributed by atoms with Crippen LogP contribution < -0.4 is 15.4 Å². The highest BCUT2D eigenvalue weighted by molar-refractivity contribution is 5.38. The lowest BCUT2D eigenvalue weighted by Gasteiger charge is -2.17. The van der Waals surface area contributed by atoms with Gasteiger partial charge in [0.25, 0.3) is 0 Å². The predicted octanol–water partition coefficient (Wildman–Crippen LogP) is 1.43. The van der Waals surface area contributed by atoms with E-state index >= 15 is 0 Å². The van der Waals surface area contributed by atoms with Crippen LogP contribution in [-0.4, -0.2) is 35.7 Å². The molecular weight excluding hydrogens is 216 g/mol. The molecular formula is C12H20N4O. The lowest BCUT2D eigenvalue weighted by Crippen LogP contribution is -2.31. The molecule has 17 heavy (non-hydrogen) atoms. The highest BCUT2D eigenvalue weighted by Gasteiger charge is 2.12. The van der Waals surface area contributed by atoms with Gasteiger partial charge < -0.3 is 15.4 Å². The molecule has 1 aliphatic rings. The summed E-state index contributed by atoms with van der Waals surface area (Å²) in [5.41, 5.74) is 0. The van der Waals surface area contributed by atoms with Crippen LogP contribution in [0.5, 0.6) is 5.88 Å². The number of ether oxygens (including phenoxy) is 1. The maximum absolute atomic E-state index is 5.35. The molecule has 0 radical (unpaired) electrons. The lowest BCUT2D eigenvalue weighted by molar-refractivity contribution is 0.326. The van der Waals surface area contributed by atoms with E-state index in [1.54, 1.807) is 0 Å². The van der Waals surface area contributed by atoms with Gasteiger partial charge in [0.1, 0.15) is 12.1 Å². The molecule has 0 spiro atoms. The molecule has 1 aromatic rings. The monoisotopic (exact) mass is 236 g/mol. The van der Waals surface area contributed by atoms with Gasteiger partial charge in [0.15, 0.2) is 0 Å². The minimum Gasteiger partial charge on any atom is -0.478 e. The van der Waals surface area contributed by atoms with Crippen LogP contribution in [0.2, 0.25) is 0 Å². The third kappa shape index (κ3) is 3.85. The highest BCUT2D eigenvalue weighted by Crippen LogP contribution is 2.14. The van der Waals surface area contributed by atoms with E-state index in [1.165, 1.54) is 25.6 Å². The molecule has 1 unspecified atom stereocenters. The molecule has 1 aromatic heterocycles. The van der Waals surface area contributed by atoms with Crippen LogP contribution in [0.25, 0.3) is 0 Å². The van der Waals surface area contributed by atoms with Gasteiger partial charge in [-0.1, -0.05) is 6.42 Å². The maximum atomic E-state index is 5.35. The topological polar surface area (TPSA) is 59.1 Å². The first-order valence-electron chi connectivity index (χ1n) is 6.30. The predicted molar refractivity (Wildman–Crippen MR) is 67.3 cm³/mol. The van der Waals surface area contributed by atoms with Gasteiger partial charge in [-0.05, 0) is 26.3 Å². The van der Waals surface area contributed by atoms with Crippen molar-refractivity contribution in [3.63, 3.8) is 0 Å². The number of nitrogens with one attached hydrogen (secondary N) is 2. The summed E-state index contributed by atoms with van der Waals surface area (Å²) < 4.78 is 5.35. The van der Waals surface area contributed by atoms with Gasteiger partial charge in [-0.15, -0.1) is 0 Å². The van der Waals surface area contributed by atoms with Gasteiger partial charge in [-0.25, -0.2) is 9.97 Å². The number of hydrogen-bond acceptors (Lipinski definition) is 5. The van der Waals surface area contributed by atoms with Crippen LogP contribution in [0.3, 0.4) is 0 Å². The molecule has 2 rings (SSSR count). The van der Waals surface area contributed by atoms with E-state index in [4.69, 9.17) is 4.74 Å². The van der Waals surface area contributed by atoms with Crippen molar-refractivity contribution < 1.29 is 4.74 Å². The minimum absolute atomic E-state index is 0.446. The summed E-state index contributed by atoms with van der Waals surface area (Å²) in [5.74, 6) is 1.48. The molecule has 0 bridgehead atoms. The van der Waals surface area contributed by atoms with Crippen molar-refractivity contribution in [2.45, 2.75) is 32.2 Å². The normalized spacial score (nSPS) is 20.6. The van der Waals surface area contributed by atoms with Gasteiger partial charge >= 0.3 is 0 Å². The van der Waals surface area contributed by atoms with E-state index in [1.807, 2.05) is 13.0 Å². The first-order valence-corrected chi connectivity index (χ1v) is 6.30. The van der Waals surface area contributed by atoms with Crippen molar-refractivity contribution in [2.75, 3.05) is 25.0 Å². The molecule has 0 amide bonds. The Hall–Kier alpha value is -1.36. The summed E-state index contributed by atoms with van der Waals surface area (Å²) in [6.45, 7) is 4.69. The largest absolute Gasteiger partial charge is 0.478 e.